The summed E-state index contributed by atoms with van der Waals surface area (Å²) in [6.45, 7) is 7.22. The molecule has 0 aliphatic rings. The predicted octanol–water partition coefficient (Wildman–Crippen LogP) is 1.83. The Hall–Kier alpha value is -1.78. The van der Waals surface area contributed by atoms with Crippen LogP contribution in [0.2, 0.25) is 0 Å². The third-order valence-electron chi connectivity index (χ3n) is 2.72. The van der Waals surface area contributed by atoms with Gasteiger partial charge in [0.2, 0.25) is 0 Å². The number of imidazole rings is 1. The summed E-state index contributed by atoms with van der Waals surface area (Å²) in [5.41, 5.74) is 7.96. The van der Waals surface area contributed by atoms with E-state index in [-0.39, 0.29) is 0 Å². The smallest absolute Gasteiger partial charge is 0.131 e. The third kappa shape index (κ3) is 2.18. The van der Waals surface area contributed by atoms with Gasteiger partial charge in [-0.3, -0.25) is 4.68 Å². The molecule has 0 aliphatic carbocycles. The lowest BCUT2D eigenvalue weighted by molar-refractivity contribution is 0.518. The minimum atomic E-state index is 0.548. The Balaban J connectivity index is 2.43. The van der Waals surface area contributed by atoms with Crippen LogP contribution in [0.4, 0.5) is 5.82 Å². The minimum Gasteiger partial charge on any atom is -0.383 e. The maximum atomic E-state index is 6.16. The molecule has 0 radical (unpaired) electrons. The zero-order valence-electron chi connectivity index (χ0n) is 10.8. The second-order valence-electron chi connectivity index (χ2n) is 4.80. The van der Waals surface area contributed by atoms with Gasteiger partial charge in [0.15, 0.2) is 0 Å². The minimum absolute atomic E-state index is 0.548. The molecule has 0 saturated carbocycles. The summed E-state index contributed by atoms with van der Waals surface area (Å²) in [5.74, 6) is 2.23. The molecule has 2 aromatic rings. The maximum absolute atomic E-state index is 6.16. The van der Waals surface area contributed by atoms with Crippen molar-refractivity contribution in [1.29, 1.82) is 0 Å². The zero-order chi connectivity index (χ0) is 12.6. The molecule has 2 aromatic heterocycles. The first-order valence-electron chi connectivity index (χ1n) is 5.80. The van der Waals surface area contributed by atoms with Crippen molar-refractivity contribution in [3.8, 4) is 11.3 Å². The standard InChI is InChI=1S/C12H19N5/c1-8(2)6-17-9(3)15-11(12(17)13)10-5-14-16(4)7-10/h5,7-8H,6,13H2,1-4H3. The Labute approximate surface area is 101 Å². The number of aryl methyl sites for hydroxylation is 2. The van der Waals surface area contributed by atoms with E-state index in [2.05, 4.69) is 28.5 Å². The van der Waals surface area contributed by atoms with Crippen molar-refractivity contribution >= 4 is 5.82 Å². The van der Waals surface area contributed by atoms with Gasteiger partial charge in [-0.05, 0) is 12.8 Å². The van der Waals surface area contributed by atoms with Gasteiger partial charge in [0, 0.05) is 25.4 Å². The molecule has 0 unspecified atom stereocenters. The molecular weight excluding hydrogens is 214 g/mol. The molecule has 0 amide bonds. The van der Waals surface area contributed by atoms with Crippen molar-refractivity contribution < 1.29 is 0 Å². The lowest BCUT2D eigenvalue weighted by Gasteiger charge is -2.10. The fraction of sp³-hybridized carbons (Fsp3) is 0.500. The number of hydrogen-bond donors (Lipinski definition) is 1. The Kier molecular flexibility index (Phi) is 2.92. The van der Waals surface area contributed by atoms with Crippen LogP contribution in [0.15, 0.2) is 12.4 Å². The summed E-state index contributed by atoms with van der Waals surface area (Å²) in [6, 6.07) is 0. The van der Waals surface area contributed by atoms with Crippen molar-refractivity contribution in [2.75, 3.05) is 5.73 Å². The van der Waals surface area contributed by atoms with E-state index in [0.717, 1.165) is 29.4 Å². The lowest BCUT2D eigenvalue weighted by atomic mass is 10.2. The highest BCUT2D eigenvalue weighted by Crippen LogP contribution is 2.26. The monoisotopic (exact) mass is 233 g/mol. The molecule has 0 aromatic carbocycles. The summed E-state index contributed by atoms with van der Waals surface area (Å²) in [6.07, 6.45) is 3.72. The zero-order valence-corrected chi connectivity index (χ0v) is 10.8. The highest BCUT2D eigenvalue weighted by atomic mass is 15.2. The summed E-state index contributed by atoms with van der Waals surface area (Å²) in [7, 11) is 1.89. The first-order chi connectivity index (χ1) is 7.99. The van der Waals surface area contributed by atoms with E-state index in [1.165, 1.54) is 0 Å². The lowest BCUT2D eigenvalue weighted by Crippen LogP contribution is -2.09. The van der Waals surface area contributed by atoms with Crippen LogP contribution in [0.25, 0.3) is 11.3 Å². The number of nitrogens with zero attached hydrogens (tertiary/aromatic N) is 4. The predicted molar refractivity (Wildman–Crippen MR) is 68.4 cm³/mol. The van der Waals surface area contributed by atoms with Crippen molar-refractivity contribution in [2.45, 2.75) is 27.3 Å². The second-order valence-corrected chi connectivity index (χ2v) is 4.80. The molecule has 2 rings (SSSR count). The maximum Gasteiger partial charge on any atom is 0.131 e. The van der Waals surface area contributed by atoms with Crippen LogP contribution in [0.1, 0.15) is 19.7 Å². The SMILES string of the molecule is Cc1nc(-c2cnn(C)c2)c(N)n1CC(C)C. The van der Waals surface area contributed by atoms with E-state index in [1.807, 2.05) is 20.2 Å². The first kappa shape index (κ1) is 11.7. The van der Waals surface area contributed by atoms with E-state index >= 15 is 0 Å². The number of hydrogen-bond acceptors (Lipinski definition) is 3. The average molecular weight is 233 g/mol. The van der Waals surface area contributed by atoms with Gasteiger partial charge >= 0.3 is 0 Å². The van der Waals surface area contributed by atoms with E-state index < -0.39 is 0 Å². The van der Waals surface area contributed by atoms with Gasteiger partial charge in [-0.2, -0.15) is 5.10 Å². The molecule has 0 bridgehead atoms. The van der Waals surface area contributed by atoms with Crippen LogP contribution >= 0.6 is 0 Å². The molecule has 5 nitrogen and oxygen atoms in total. The molecule has 0 atom stereocenters. The van der Waals surface area contributed by atoms with E-state index in [1.54, 1.807) is 10.9 Å². The fourth-order valence-electron chi connectivity index (χ4n) is 1.93. The van der Waals surface area contributed by atoms with Crippen LogP contribution < -0.4 is 5.73 Å². The van der Waals surface area contributed by atoms with Crippen molar-refractivity contribution in [2.24, 2.45) is 13.0 Å². The highest BCUT2D eigenvalue weighted by molar-refractivity contribution is 5.69. The van der Waals surface area contributed by atoms with Crippen LogP contribution in [0, 0.1) is 12.8 Å². The van der Waals surface area contributed by atoms with Crippen LogP contribution in [0.3, 0.4) is 0 Å². The molecule has 0 aliphatic heterocycles. The van der Waals surface area contributed by atoms with Crippen LogP contribution in [-0.4, -0.2) is 19.3 Å². The molecule has 5 heteroatoms. The first-order valence-corrected chi connectivity index (χ1v) is 5.80. The quantitative estimate of drug-likeness (QED) is 0.879. The van der Waals surface area contributed by atoms with E-state index in [4.69, 9.17) is 5.73 Å². The van der Waals surface area contributed by atoms with Crippen LogP contribution in [-0.2, 0) is 13.6 Å². The molecule has 0 spiro atoms. The van der Waals surface area contributed by atoms with Gasteiger partial charge in [0.25, 0.3) is 0 Å². The molecule has 0 saturated heterocycles. The van der Waals surface area contributed by atoms with Gasteiger partial charge in [-0.1, -0.05) is 13.8 Å². The van der Waals surface area contributed by atoms with Gasteiger partial charge < -0.3 is 10.3 Å². The molecule has 2 heterocycles. The summed E-state index contributed by atoms with van der Waals surface area (Å²) < 4.78 is 3.82. The number of aromatic nitrogens is 4. The van der Waals surface area contributed by atoms with Gasteiger partial charge in [-0.25, -0.2) is 4.98 Å². The number of nitrogen functional groups attached to an aromatic ring is 1. The Morgan fingerprint density at radius 3 is 2.65 bits per heavy atom. The summed E-state index contributed by atoms with van der Waals surface area (Å²) in [5, 5.41) is 4.15. The van der Waals surface area contributed by atoms with Crippen molar-refractivity contribution in [3.05, 3.63) is 18.2 Å². The van der Waals surface area contributed by atoms with Crippen LogP contribution in [0.5, 0.6) is 0 Å². The summed E-state index contributed by atoms with van der Waals surface area (Å²) >= 11 is 0. The largest absolute Gasteiger partial charge is 0.383 e. The fourth-order valence-corrected chi connectivity index (χ4v) is 1.93. The molecule has 92 valence electrons. The Morgan fingerprint density at radius 2 is 2.12 bits per heavy atom. The molecular formula is C12H19N5. The second kappa shape index (κ2) is 4.24. The van der Waals surface area contributed by atoms with Gasteiger partial charge in [-0.15, -0.1) is 0 Å². The topological polar surface area (TPSA) is 61.7 Å². The number of rotatable bonds is 3. The normalized spacial score (nSPS) is 11.4. The Morgan fingerprint density at radius 1 is 1.41 bits per heavy atom. The van der Waals surface area contributed by atoms with Crippen molar-refractivity contribution in [3.63, 3.8) is 0 Å². The summed E-state index contributed by atoms with van der Waals surface area (Å²) in [4.78, 5) is 4.53. The van der Waals surface area contributed by atoms with E-state index in [9.17, 15) is 0 Å². The Bertz CT molecular complexity index is 521. The van der Waals surface area contributed by atoms with E-state index in [0.29, 0.717) is 5.92 Å². The van der Waals surface area contributed by atoms with Gasteiger partial charge in [0.05, 0.1) is 6.20 Å². The molecule has 0 fully saturated rings. The highest BCUT2D eigenvalue weighted by Gasteiger charge is 2.15. The molecule has 17 heavy (non-hydrogen) atoms. The molecule has 2 N–H and O–H groups in total. The number of nitrogens with two attached hydrogens (primary N) is 1. The van der Waals surface area contributed by atoms with Crippen molar-refractivity contribution in [1.82, 2.24) is 19.3 Å². The third-order valence-corrected chi connectivity index (χ3v) is 2.72. The average Bonchev–Trinajstić information content (AvgIpc) is 2.76. The number of anilines is 1. The van der Waals surface area contributed by atoms with Gasteiger partial charge in [0.1, 0.15) is 17.3 Å².